The summed E-state index contributed by atoms with van der Waals surface area (Å²) in [5.41, 5.74) is 0. The molecule has 0 fully saturated rings. The van der Waals surface area contributed by atoms with Crippen LogP contribution in [-0.2, 0) is 56.9 Å². The van der Waals surface area contributed by atoms with E-state index < -0.39 is 0 Å². The fourth-order valence-corrected chi connectivity index (χ4v) is 3.28. The molecule has 0 aliphatic carbocycles. The highest BCUT2D eigenvalue weighted by Gasteiger charge is 2.02. The van der Waals surface area contributed by atoms with E-state index in [0.717, 1.165) is 12.8 Å². The summed E-state index contributed by atoms with van der Waals surface area (Å²) in [7, 11) is 0. The van der Waals surface area contributed by atoms with Crippen LogP contribution in [0.25, 0.3) is 0 Å². The van der Waals surface area contributed by atoms with E-state index in [0.29, 0.717) is 139 Å². The molecular formula is C30H60O12. The smallest absolute Gasteiger partial charge is 0.305 e. The van der Waals surface area contributed by atoms with Gasteiger partial charge in [0.1, 0.15) is 6.61 Å². The van der Waals surface area contributed by atoms with Crippen molar-refractivity contribution in [1.82, 2.24) is 0 Å². The van der Waals surface area contributed by atoms with Crippen LogP contribution in [0.1, 0.15) is 52.4 Å². The van der Waals surface area contributed by atoms with Crippen LogP contribution in [0.3, 0.4) is 0 Å². The van der Waals surface area contributed by atoms with Gasteiger partial charge in [0.05, 0.1) is 126 Å². The van der Waals surface area contributed by atoms with Crippen LogP contribution >= 0.6 is 0 Å². The molecule has 0 aromatic carbocycles. The zero-order valence-corrected chi connectivity index (χ0v) is 26.5. The quantitative estimate of drug-likeness (QED) is 0.0758. The van der Waals surface area contributed by atoms with E-state index in [2.05, 4.69) is 6.92 Å². The predicted octanol–water partition coefficient (Wildman–Crippen LogP) is 3.08. The maximum absolute atomic E-state index is 11.6. The van der Waals surface area contributed by atoms with Crippen molar-refractivity contribution in [3.8, 4) is 0 Å². The maximum atomic E-state index is 11.6. The molecule has 0 radical (unpaired) electrons. The normalized spacial score (nSPS) is 11.4. The molecule has 0 saturated heterocycles. The minimum atomic E-state index is -0.145. The molecule has 252 valence electrons. The van der Waals surface area contributed by atoms with Gasteiger partial charge in [-0.05, 0) is 13.3 Å². The van der Waals surface area contributed by atoms with Crippen LogP contribution in [0.15, 0.2) is 0 Å². The third kappa shape index (κ3) is 37.1. The summed E-state index contributed by atoms with van der Waals surface area (Å²) in [6.07, 6.45) is 6.09. The summed E-state index contributed by atoms with van der Waals surface area (Å²) >= 11 is 0. The van der Waals surface area contributed by atoms with E-state index in [9.17, 15) is 4.79 Å². The van der Waals surface area contributed by atoms with Crippen LogP contribution in [0.5, 0.6) is 0 Å². The van der Waals surface area contributed by atoms with Crippen molar-refractivity contribution >= 4 is 5.97 Å². The highest BCUT2D eigenvalue weighted by molar-refractivity contribution is 5.69. The van der Waals surface area contributed by atoms with E-state index in [1.807, 2.05) is 6.92 Å². The predicted molar refractivity (Wildman–Crippen MR) is 158 cm³/mol. The summed E-state index contributed by atoms with van der Waals surface area (Å²) in [6, 6.07) is 0. The first-order valence-electron chi connectivity index (χ1n) is 15.7. The lowest BCUT2D eigenvalue weighted by atomic mass is 10.1. The zero-order valence-electron chi connectivity index (χ0n) is 26.5. The van der Waals surface area contributed by atoms with Crippen molar-refractivity contribution in [1.29, 1.82) is 0 Å². The molecule has 0 spiro atoms. The van der Waals surface area contributed by atoms with Crippen molar-refractivity contribution in [2.45, 2.75) is 52.4 Å². The molecule has 0 aliphatic heterocycles. The summed E-state index contributed by atoms with van der Waals surface area (Å²) in [4.78, 5) is 11.6. The van der Waals surface area contributed by atoms with Gasteiger partial charge in [0.2, 0.25) is 0 Å². The first-order chi connectivity index (χ1) is 20.8. The highest BCUT2D eigenvalue weighted by Crippen LogP contribution is 2.05. The SMILES string of the molecule is CCCCCCCC(=O)OCCOCCOCCOCCOCCOCCOCCOCCOCCOCCOCC. The lowest BCUT2D eigenvalue weighted by Crippen LogP contribution is -2.15. The van der Waals surface area contributed by atoms with E-state index >= 15 is 0 Å². The largest absolute Gasteiger partial charge is 0.463 e. The van der Waals surface area contributed by atoms with Crippen LogP contribution in [0.4, 0.5) is 0 Å². The number of esters is 1. The van der Waals surface area contributed by atoms with Gasteiger partial charge in [0, 0.05) is 13.0 Å². The average Bonchev–Trinajstić information content (AvgIpc) is 2.99. The first kappa shape index (κ1) is 41.1. The van der Waals surface area contributed by atoms with Crippen LogP contribution in [0, 0.1) is 0 Å². The van der Waals surface area contributed by atoms with Gasteiger partial charge in [0.25, 0.3) is 0 Å². The molecule has 0 saturated carbocycles. The summed E-state index contributed by atoms with van der Waals surface area (Å²) < 4.78 is 59.2. The van der Waals surface area contributed by atoms with Gasteiger partial charge in [-0.2, -0.15) is 0 Å². The minimum absolute atomic E-state index is 0.145. The van der Waals surface area contributed by atoms with E-state index in [1.54, 1.807) is 0 Å². The molecule has 42 heavy (non-hydrogen) atoms. The Hall–Kier alpha value is -0.930. The van der Waals surface area contributed by atoms with Crippen LogP contribution < -0.4 is 0 Å². The second kappa shape index (κ2) is 38.1. The lowest BCUT2D eigenvalue weighted by molar-refractivity contribution is -0.145. The number of hydrogen-bond acceptors (Lipinski definition) is 12. The van der Waals surface area contributed by atoms with E-state index in [-0.39, 0.29) is 12.6 Å². The number of carbonyl (C=O) groups excluding carboxylic acids is 1. The second-order valence-corrected chi connectivity index (χ2v) is 9.09. The van der Waals surface area contributed by atoms with Crippen molar-refractivity contribution in [3.63, 3.8) is 0 Å². The zero-order chi connectivity index (χ0) is 30.4. The number of unbranched alkanes of at least 4 members (excludes halogenated alkanes) is 4. The number of hydrogen-bond donors (Lipinski definition) is 0. The number of ether oxygens (including phenoxy) is 11. The van der Waals surface area contributed by atoms with Gasteiger partial charge in [-0.25, -0.2) is 0 Å². The molecule has 12 nitrogen and oxygen atoms in total. The Kier molecular flexibility index (Phi) is 37.3. The van der Waals surface area contributed by atoms with Gasteiger partial charge in [-0.1, -0.05) is 32.6 Å². The van der Waals surface area contributed by atoms with Gasteiger partial charge in [-0.15, -0.1) is 0 Å². The molecule has 0 aliphatic rings. The number of rotatable bonds is 37. The van der Waals surface area contributed by atoms with E-state index in [4.69, 9.17) is 52.1 Å². The molecule has 0 aromatic rings. The molecule has 0 amide bonds. The Balaban J connectivity index is 3.08. The first-order valence-corrected chi connectivity index (χ1v) is 15.7. The molecule has 0 heterocycles. The summed E-state index contributed by atoms with van der Waals surface area (Å²) in [5.74, 6) is -0.145. The van der Waals surface area contributed by atoms with Crippen molar-refractivity contribution in [2.24, 2.45) is 0 Å². The molecule has 12 heteroatoms. The number of carbonyl (C=O) groups is 1. The Morgan fingerprint density at radius 1 is 0.357 bits per heavy atom. The Bertz CT molecular complexity index is 513. The van der Waals surface area contributed by atoms with Crippen molar-refractivity contribution in [3.05, 3.63) is 0 Å². The minimum Gasteiger partial charge on any atom is -0.463 e. The molecule has 0 aromatic heterocycles. The van der Waals surface area contributed by atoms with Gasteiger partial charge in [-0.3, -0.25) is 4.79 Å². The molecule has 0 bridgehead atoms. The van der Waals surface area contributed by atoms with Crippen LogP contribution in [-0.4, -0.2) is 145 Å². The Labute approximate surface area is 254 Å². The second-order valence-electron chi connectivity index (χ2n) is 9.09. The lowest BCUT2D eigenvalue weighted by Gasteiger charge is -2.09. The summed E-state index contributed by atoms with van der Waals surface area (Å²) in [6.45, 7) is 14.9. The average molecular weight is 613 g/mol. The van der Waals surface area contributed by atoms with Gasteiger partial charge < -0.3 is 52.1 Å². The van der Waals surface area contributed by atoms with Crippen LogP contribution in [0.2, 0.25) is 0 Å². The molecule has 0 atom stereocenters. The highest BCUT2D eigenvalue weighted by atomic mass is 16.6. The fourth-order valence-electron chi connectivity index (χ4n) is 3.28. The van der Waals surface area contributed by atoms with E-state index in [1.165, 1.54) is 19.3 Å². The molecular weight excluding hydrogens is 552 g/mol. The monoisotopic (exact) mass is 612 g/mol. The summed E-state index contributed by atoms with van der Waals surface area (Å²) in [5, 5.41) is 0. The van der Waals surface area contributed by atoms with Gasteiger partial charge >= 0.3 is 5.97 Å². The van der Waals surface area contributed by atoms with Crippen molar-refractivity contribution < 1.29 is 56.9 Å². The maximum Gasteiger partial charge on any atom is 0.305 e. The fraction of sp³-hybridized carbons (Fsp3) is 0.967. The Morgan fingerprint density at radius 3 is 0.952 bits per heavy atom. The van der Waals surface area contributed by atoms with Gasteiger partial charge in [0.15, 0.2) is 0 Å². The standard InChI is InChI=1S/C30H60O12/c1-3-5-6-7-8-9-30(31)42-29-28-41-27-26-40-25-24-39-23-22-38-21-20-37-19-18-36-17-16-35-15-14-34-13-12-33-11-10-32-4-2/h3-29H2,1-2H3. The Morgan fingerprint density at radius 2 is 0.643 bits per heavy atom. The third-order valence-electron chi connectivity index (χ3n) is 5.53. The molecule has 0 N–H and O–H groups in total. The molecule has 0 unspecified atom stereocenters. The third-order valence-corrected chi connectivity index (χ3v) is 5.53. The molecule has 0 rings (SSSR count). The van der Waals surface area contributed by atoms with Crippen molar-refractivity contribution in [2.75, 3.05) is 139 Å². The topological polar surface area (TPSA) is 119 Å².